The van der Waals surface area contributed by atoms with E-state index in [9.17, 15) is 8.78 Å². The lowest BCUT2D eigenvalue weighted by atomic mass is 10.2. The van der Waals surface area contributed by atoms with Crippen LogP contribution in [0.1, 0.15) is 11.3 Å². The van der Waals surface area contributed by atoms with E-state index in [1.807, 2.05) is 26.1 Å². The van der Waals surface area contributed by atoms with Gasteiger partial charge >= 0.3 is 0 Å². The molecule has 0 aliphatic carbocycles. The Morgan fingerprint density at radius 3 is 2.69 bits per heavy atom. The molecule has 0 aliphatic rings. The standard InChI is InChI=1S/C11H17F2N3/c1-8-4-9(6-14-2)5-11(15-8)16(3)7-10(12)13/h4-5,10,14H,6-7H2,1-3H3. The van der Waals surface area contributed by atoms with E-state index in [1.54, 1.807) is 7.05 Å². The van der Waals surface area contributed by atoms with Crippen LogP contribution in [0.4, 0.5) is 14.6 Å². The summed E-state index contributed by atoms with van der Waals surface area (Å²) < 4.78 is 24.5. The van der Waals surface area contributed by atoms with Gasteiger partial charge in [0.05, 0.1) is 6.54 Å². The van der Waals surface area contributed by atoms with Gasteiger partial charge in [-0.25, -0.2) is 13.8 Å². The molecule has 0 amide bonds. The van der Waals surface area contributed by atoms with Crippen LogP contribution in [0.25, 0.3) is 0 Å². The van der Waals surface area contributed by atoms with Gasteiger partial charge in [-0.05, 0) is 31.7 Å². The zero-order valence-corrected chi connectivity index (χ0v) is 9.80. The average Bonchev–Trinajstić information content (AvgIpc) is 2.16. The number of aryl methyl sites for hydroxylation is 1. The first-order valence-electron chi connectivity index (χ1n) is 5.14. The Morgan fingerprint density at radius 2 is 2.12 bits per heavy atom. The van der Waals surface area contributed by atoms with Gasteiger partial charge in [0.15, 0.2) is 0 Å². The Bertz CT molecular complexity index is 342. The SMILES string of the molecule is CNCc1cc(C)nc(N(C)CC(F)F)c1. The molecule has 0 radical (unpaired) electrons. The third-order valence-corrected chi connectivity index (χ3v) is 2.18. The van der Waals surface area contributed by atoms with Crippen LogP contribution < -0.4 is 10.2 Å². The molecule has 0 atom stereocenters. The van der Waals surface area contributed by atoms with Crippen LogP contribution in [-0.4, -0.2) is 32.0 Å². The minimum atomic E-state index is -2.35. The van der Waals surface area contributed by atoms with Crippen molar-refractivity contribution in [2.75, 3.05) is 25.5 Å². The average molecular weight is 229 g/mol. The van der Waals surface area contributed by atoms with Crippen LogP contribution in [0.5, 0.6) is 0 Å². The molecule has 0 saturated heterocycles. The predicted octanol–water partition coefficient (Wildman–Crippen LogP) is 1.81. The first-order valence-corrected chi connectivity index (χ1v) is 5.14. The van der Waals surface area contributed by atoms with Crippen LogP contribution in [0.2, 0.25) is 0 Å². The molecular formula is C11H17F2N3. The van der Waals surface area contributed by atoms with E-state index in [0.717, 1.165) is 11.3 Å². The maximum absolute atomic E-state index is 12.2. The van der Waals surface area contributed by atoms with Crippen LogP contribution in [0.15, 0.2) is 12.1 Å². The van der Waals surface area contributed by atoms with Gasteiger partial charge in [-0.2, -0.15) is 0 Å². The first kappa shape index (κ1) is 12.8. The summed E-state index contributed by atoms with van der Waals surface area (Å²) in [6.45, 7) is 2.27. The summed E-state index contributed by atoms with van der Waals surface area (Å²) >= 11 is 0. The quantitative estimate of drug-likeness (QED) is 0.834. The zero-order chi connectivity index (χ0) is 12.1. The zero-order valence-electron chi connectivity index (χ0n) is 9.80. The Balaban J connectivity index is 2.86. The Kier molecular flexibility index (Phi) is 4.61. The largest absolute Gasteiger partial charge is 0.354 e. The normalized spacial score (nSPS) is 10.9. The van der Waals surface area contributed by atoms with Crippen molar-refractivity contribution < 1.29 is 8.78 Å². The van der Waals surface area contributed by atoms with Crippen molar-refractivity contribution in [3.63, 3.8) is 0 Å². The maximum Gasteiger partial charge on any atom is 0.255 e. The molecule has 1 N–H and O–H groups in total. The van der Waals surface area contributed by atoms with Crippen molar-refractivity contribution in [3.05, 3.63) is 23.4 Å². The molecule has 0 aromatic carbocycles. The topological polar surface area (TPSA) is 28.2 Å². The van der Waals surface area contributed by atoms with E-state index in [1.165, 1.54) is 4.90 Å². The van der Waals surface area contributed by atoms with Gasteiger partial charge in [0.25, 0.3) is 6.43 Å². The molecule has 5 heteroatoms. The van der Waals surface area contributed by atoms with E-state index in [-0.39, 0.29) is 6.54 Å². The second kappa shape index (κ2) is 5.75. The van der Waals surface area contributed by atoms with Gasteiger partial charge in [-0.1, -0.05) is 0 Å². The van der Waals surface area contributed by atoms with E-state index in [0.29, 0.717) is 12.4 Å². The van der Waals surface area contributed by atoms with Gasteiger partial charge in [0.1, 0.15) is 5.82 Å². The lowest BCUT2D eigenvalue weighted by Gasteiger charge is -2.18. The van der Waals surface area contributed by atoms with Crippen LogP contribution in [0.3, 0.4) is 0 Å². The highest BCUT2D eigenvalue weighted by atomic mass is 19.3. The van der Waals surface area contributed by atoms with E-state index in [4.69, 9.17) is 0 Å². The van der Waals surface area contributed by atoms with Crippen LogP contribution in [-0.2, 0) is 6.54 Å². The predicted molar refractivity (Wildman–Crippen MR) is 61.0 cm³/mol. The molecule has 0 saturated carbocycles. The number of alkyl halides is 2. The number of hydrogen-bond acceptors (Lipinski definition) is 3. The van der Waals surface area contributed by atoms with Gasteiger partial charge in [0, 0.05) is 19.3 Å². The number of aromatic nitrogens is 1. The molecule has 1 aromatic heterocycles. The second-order valence-corrected chi connectivity index (χ2v) is 3.78. The van der Waals surface area contributed by atoms with Gasteiger partial charge < -0.3 is 10.2 Å². The summed E-state index contributed by atoms with van der Waals surface area (Å²) in [5, 5.41) is 3.02. The van der Waals surface area contributed by atoms with Crippen molar-refractivity contribution in [1.82, 2.24) is 10.3 Å². The van der Waals surface area contributed by atoms with E-state index < -0.39 is 6.43 Å². The summed E-state index contributed by atoms with van der Waals surface area (Å²) in [5.74, 6) is 0.588. The highest BCUT2D eigenvalue weighted by Crippen LogP contribution is 2.14. The van der Waals surface area contributed by atoms with Gasteiger partial charge in [-0.15, -0.1) is 0 Å². The van der Waals surface area contributed by atoms with Crippen LogP contribution in [0, 0.1) is 6.92 Å². The van der Waals surface area contributed by atoms with Crippen molar-refractivity contribution in [1.29, 1.82) is 0 Å². The van der Waals surface area contributed by atoms with Crippen molar-refractivity contribution in [2.45, 2.75) is 19.9 Å². The van der Waals surface area contributed by atoms with Crippen molar-refractivity contribution in [2.24, 2.45) is 0 Å². The second-order valence-electron chi connectivity index (χ2n) is 3.78. The van der Waals surface area contributed by atoms with E-state index >= 15 is 0 Å². The molecule has 0 aliphatic heterocycles. The number of halogens is 2. The Hall–Kier alpha value is -1.23. The van der Waals surface area contributed by atoms with E-state index in [2.05, 4.69) is 10.3 Å². The molecule has 0 spiro atoms. The monoisotopic (exact) mass is 229 g/mol. The number of nitrogens with zero attached hydrogens (tertiary/aromatic N) is 2. The summed E-state index contributed by atoms with van der Waals surface area (Å²) in [5.41, 5.74) is 1.88. The highest BCUT2D eigenvalue weighted by Gasteiger charge is 2.10. The molecule has 0 bridgehead atoms. The van der Waals surface area contributed by atoms with Gasteiger partial charge in [-0.3, -0.25) is 0 Å². The fraction of sp³-hybridized carbons (Fsp3) is 0.545. The molecule has 16 heavy (non-hydrogen) atoms. The minimum Gasteiger partial charge on any atom is -0.354 e. The third kappa shape index (κ3) is 3.73. The number of pyridine rings is 1. The summed E-state index contributed by atoms with van der Waals surface area (Å²) in [6, 6.07) is 3.77. The molecular weight excluding hydrogens is 212 g/mol. The van der Waals surface area contributed by atoms with Crippen molar-refractivity contribution >= 4 is 5.82 Å². The van der Waals surface area contributed by atoms with Crippen molar-refractivity contribution in [3.8, 4) is 0 Å². The smallest absolute Gasteiger partial charge is 0.255 e. The molecule has 90 valence electrons. The number of anilines is 1. The number of rotatable bonds is 5. The molecule has 0 unspecified atom stereocenters. The summed E-state index contributed by atoms with van der Waals surface area (Å²) in [7, 11) is 3.47. The molecule has 3 nitrogen and oxygen atoms in total. The van der Waals surface area contributed by atoms with Crippen LogP contribution >= 0.6 is 0 Å². The molecule has 1 aromatic rings. The Morgan fingerprint density at radius 1 is 1.44 bits per heavy atom. The Labute approximate surface area is 94.5 Å². The molecule has 1 rings (SSSR count). The summed E-state index contributed by atoms with van der Waals surface area (Å²) in [6.07, 6.45) is -2.35. The maximum atomic E-state index is 12.2. The number of nitrogens with one attached hydrogen (secondary N) is 1. The minimum absolute atomic E-state index is 0.296. The first-order chi connectivity index (χ1) is 7.52. The summed E-state index contributed by atoms with van der Waals surface area (Å²) in [4.78, 5) is 5.70. The highest BCUT2D eigenvalue weighted by molar-refractivity contribution is 5.41. The lowest BCUT2D eigenvalue weighted by molar-refractivity contribution is 0.156. The van der Waals surface area contributed by atoms with Gasteiger partial charge in [0.2, 0.25) is 0 Å². The molecule has 1 heterocycles. The third-order valence-electron chi connectivity index (χ3n) is 2.18. The fourth-order valence-electron chi connectivity index (χ4n) is 1.52. The molecule has 0 fully saturated rings. The number of hydrogen-bond donors (Lipinski definition) is 1. The lowest BCUT2D eigenvalue weighted by Crippen LogP contribution is -2.25. The fourth-order valence-corrected chi connectivity index (χ4v) is 1.52.